The summed E-state index contributed by atoms with van der Waals surface area (Å²) in [6.45, 7) is 0.371. The van der Waals surface area contributed by atoms with E-state index < -0.39 is 5.97 Å². The minimum atomic E-state index is -0.870. The summed E-state index contributed by atoms with van der Waals surface area (Å²) in [6.07, 6.45) is 3.57. The van der Waals surface area contributed by atoms with Crippen molar-refractivity contribution in [1.29, 1.82) is 0 Å². The summed E-state index contributed by atoms with van der Waals surface area (Å²) in [6, 6.07) is 9.53. The van der Waals surface area contributed by atoms with Crippen molar-refractivity contribution in [2.45, 2.75) is 0 Å². The summed E-state index contributed by atoms with van der Waals surface area (Å²) in [7, 11) is 0. The van der Waals surface area contributed by atoms with Crippen LogP contribution in [0.25, 0.3) is 5.57 Å². The molecule has 1 aromatic carbocycles. The van der Waals surface area contributed by atoms with Crippen molar-refractivity contribution in [3.8, 4) is 0 Å². The molecule has 0 saturated heterocycles. The first-order valence-corrected chi connectivity index (χ1v) is 4.71. The van der Waals surface area contributed by atoms with Crippen LogP contribution in [0.2, 0.25) is 0 Å². The van der Waals surface area contributed by atoms with Crippen molar-refractivity contribution in [3.05, 3.63) is 53.7 Å². The van der Waals surface area contributed by atoms with Gasteiger partial charge in [-0.05, 0) is 23.4 Å². The number of carboxylic acid groups (broad SMARTS) is 1. The highest BCUT2D eigenvalue weighted by molar-refractivity contribution is 6.00. The van der Waals surface area contributed by atoms with Gasteiger partial charge in [-0.15, -0.1) is 0 Å². The van der Waals surface area contributed by atoms with E-state index in [1.807, 2.05) is 30.3 Å². The third kappa shape index (κ3) is 1.91. The summed E-state index contributed by atoms with van der Waals surface area (Å²) in [4.78, 5) is 11.0. The molecule has 1 heterocycles. The van der Waals surface area contributed by atoms with Gasteiger partial charge in [-0.1, -0.05) is 30.3 Å². The Morgan fingerprint density at radius 1 is 1.27 bits per heavy atom. The first-order valence-electron chi connectivity index (χ1n) is 4.71. The van der Waals surface area contributed by atoms with E-state index >= 15 is 0 Å². The number of hydrogen-bond donors (Lipinski definition) is 2. The summed E-state index contributed by atoms with van der Waals surface area (Å²) in [5, 5.41) is 11.9. The van der Waals surface area contributed by atoms with E-state index in [2.05, 4.69) is 5.32 Å². The third-order valence-corrected chi connectivity index (χ3v) is 2.31. The van der Waals surface area contributed by atoms with Crippen LogP contribution in [-0.2, 0) is 4.79 Å². The summed E-state index contributed by atoms with van der Waals surface area (Å²) in [5.41, 5.74) is 2.12. The Morgan fingerprint density at radius 3 is 2.67 bits per heavy atom. The zero-order valence-corrected chi connectivity index (χ0v) is 8.10. The van der Waals surface area contributed by atoms with Crippen molar-refractivity contribution in [2.24, 2.45) is 0 Å². The number of nitrogens with one attached hydrogen (secondary N) is 1. The van der Waals surface area contributed by atoms with Crippen molar-refractivity contribution in [3.63, 3.8) is 0 Å². The number of carboxylic acids is 1. The second kappa shape index (κ2) is 4.00. The average molecular weight is 201 g/mol. The summed E-state index contributed by atoms with van der Waals surface area (Å²) in [5.74, 6) is -0.870. The molecule has 2 N–H and O–H groups in total. The molecule has 76 valence electrons. The van der Waals surface area contributed by atoms with E-state index in [4.69, 9.17) is 5.11 Å². The highest BCUT2D eigenvalue weighted by Gasteiger charge is 2.15. The van der Waals surface area contributed by atoms with Crippen LogP contribution in [0.4, 0.5) is 0 Å². The Morgan fingerprint density at radius 2 is 2.00 bits per heavy atom. The standard InChI is InChI=1S/C12H11NO2/c14-12(15)11-8-13-7-6-10(11)9-4-2-1-3-5-9/h1-7,13H,8H2,(H,14,15). The van der Waals surface area contributed by atoms with Gasteiger partial charge in [0.15, 0.2) is 0 Å². The second-order valence-corrected chi connectivity index (χ2v) is 3.28. The molecule has 0 bridgehead atoms. The molecule has 3 heteroatoms. The van der Waals surface area contributed by atoms with Gasteiger partial charge in [0.1, 0.15) is 0 Å². The number of aliphatic carboxylic acids is 1. The van der Waals surface area contributed by atoms with E-state index in [1.165, 1.54) is 0 Å². The molecule has 0 radical (unpaired) electrons. The Balaban J connectivity index is 2.49. The van der Waals surface area contributed by atoms with Crippen LogP contribution in [0.1, 0.15) is 5.56 Å². The number of dihydropyridines is 1. The molecule has 3 nitrogen and oxygen atoms in total. The average Bonchev–Trinajstić information content (AvgIpc) is 2.30. The van der Waals surface area contributed by atoms with Crippen LogP contribution in [0.5, 0.6) is 0 Å². The molecule has 0 fully saturated rings. The first kappa shape index (κ1) is 9.52. The summed E-state index contributed by atoms with van der Waals surface area (Å²) >= 11 is 0. The lowest BCUT2D eigenvalue weighted by Gasteiger charge is -2.14. The maximum atomic E-state index is 11.0. The van der Waals surface area contributed by atoms with Gasteiger partial charge >= 0.3 is 5.97 Å². The number of hydrogen-bond acceptors (Lipinski definition) is 2. The molecule has 1 aromatic rings. The van der Waals surface area contributed by atoms with Gasteiger partial charge in [-0.3, -0.25) is 0 Å². The lowest BCUT2D eigenvalue weighted by molar-refractivity contribution is -0.132. The van der Waals surface area contributed by atoms with Gasteiger partial charge in [0.05, 0.1) is 5.57 Å². The van der Waals surface area contributed by atoms with Gasteiger partial charge in [0.25, 0.3) is 0 Å². The fourth-order valence-electron chi connectivity index (χ4n) is 1.58. The molecular weight excluding hydrogens is 190 g/mol. The molecule has 1 aliphatic rings. The molecule has 15 heavy (non-hydrogen) atoms. The van der Waals surface area contributed by atoms with E-state index in [-0.39, 0.29) is 0 Å². The number of carbonyl (C=O) groups is 1. The van der Waals surface area contributed by atoms with Crippen LogP contribution in [-0.4, -0.2) is 17.6 Å². The van der Waals surface area contributed by atoms with E-state index in [9.17, 15) is 4.79 Å². The van der Waals surface area contributed by atoms with Crippen molar-refractivity contribution < 1.29 is 9.90 Å². The van der Waals surface area contributed by atoms with E-state index in [0.717, 1.165) is 11.1 Å². The highest BCUT2D eigenvalue weighted by atomic mass is 16.4. The van der Waals surface area contributed by atoms with E-state index in [1.54, 1.807) is 12.3 Å². The van der Waals surface area contributed by atoms with Gasteiger partial charge in [0.2, 0.25) is 0 Å². The van der Waals surface area contributed by atoms with Crippen molar-refractivity contribution in [2.75, 3.05) is 6.54 Å². The maximum Gasteiger partial charge on any atom is 0.334 e. The van der Waals surface area contributed by atoms with Crippen LogP contribution in [0.15, 0.2) is 48.2 Å². The fourth-order valence-corrected chi connectivity index (χ4v) is 1.58. The molecule has 0 atom stereocenters. The Kier molecular flexibility index (Phi) is 2.54. The Hall–Kier alpha value is -2.03. The highest BCUT2D eigenvalue weighted by Crippen LogP contribution is 2.21. The molecule has 0 spiro atoms. The second-order valence-electron chi connectivity index (χ2n) is 3.28. The monoisotopic (exact) mass is 201 g/mol. The predicted octanol–water partition coefficient (Wildman–Crippen LogP) is 1.64. The van der Waals surface area contributed by atoms with Gasteiger partial charge in [-0.2, -0.15) is 0 Å². The van der Waals surface area contributed by atoms with Crippen molar-refractivity contribution in [1.82, 2.24) is 5.32 Å². The molecule has 0 saturated carbocycles. The minimum Gasteiger partial charge on any atom is -0.478 e. The lowest BCUT2D eigenvalue weighted by Crippen LogP contribution is -2.20. The molecule has 1 aliphatic heterocycles. The molecule has 0 amide bonds. The van der Waals surface area contributed by atoms with Crippen LogP contribution in [0, 0.1) is 0 Å². The van der Waals surface area contributed by atoms with Gasteiger partial charge in [0, 0.05) is 6.54 Å². The quantitative estimate of drug-likeness (QED) is 0.764. The third-order valence-electron chi connectivity index (χ3n) is 2.31. The lowest BCUT2D eigenvalue weighted by atomic mass is 9.98. The van der Waals surface area contributed by atoms with Crippen LogP contribution in [0.3, 0.4) is 0 Å². The van der Waals surface area contributed by atoms with Gasteiger partial charge in [-0.25, -0.2) is 4.79 Å². The van der Waals surface area contributed by atoms with Crippen LogP contribution >= 0.6 is 0 Å². The van der Waals surface area contributed by atoms with Gasteiger partial charge < -0.3 is 10.4 Å². The largest absolute Gasteiger partial charge is 0.478 e. The zero-order chi connectivity index (χ0) is 10.7. The van der Waals surface area contributed by atoms with Crippen LogP contribution < -0.4 is 5.32 Å². The van der Waals surface area contributed by atoms with Crippen molar-refractivity contribution >= 4 is 11.5 Å². The number of allylic oxidation sites excluding steroid dienone is 2. The molecule has 0 aromatic heterocycles. The smallest absolute Gasteiger partial charge is 0.334 e. The van der Waals surface area contributed by atoms with E-state index in [0.29, 0.717) is 12.1 Å². The topological polar surface area (TPSA) is 49.3 Å². The Labute approximate surface area is 87.7 Å². The fraction of sp³-hybridized carbons (Fsp3) is 0.0833. The summed E-state index contributed by atoms with van der Waals surface area (Å²) < 4.78 is 0. The first-order chi connectivity index (χ1) is 7.29. The predicted molar refractivity (Wildman–Crippen MR) is 58.1 cm³/mol. The molecular formula is C12H11NO2. The zero-order valence-electron chi connectivity index (χ0n) is 8.10. The SMILES string of the molecule is O=C(O)C1=C(c2ccccc2)C=CNC1. The number of rotatable bonds is 2. The molecule has 0 aliphatic carbocycles. The molecule has 2 rings (SSSR count). The number of benzene rings is 1. The maximum absolute atomic E-state index is 11.0. The Bertz CT molecular complexity index is 432. The minimum absolute atomic E-state index is 0.371. The molecule has 0 unspecified atom stereocenters. The normalized spacial score (nSPS) is 14.9.